The average molecular weight is 289 g/mol. The molecule has 3 amide bonds. The van der Waals surface area contributed by atoms with Crippen molar-refractivity contribution in [2.75, 3.05) is 13.1 Å². The van der Waals surface area contributed by atoms with Crippen LogP contribution in [0.5, 0.6) is 0 Å². The van der Waals surface area contributed by atoms with Crippen molar-refractivity contribution < 1.29 is 9.59 Å². The Morgan fingerprint density at radius 1 is 1.33 bits per heavy atom. The van der Waals surface area contributed by atoms with Crippen molar-refractivity contribution in [2.45, 2.75) is 6.54 Å². The number of amides is 3. The van der Waals surface area contributed by atoms with Gasteiger partial charge in [0.25, 0.3) is 11.5 Å². The van der Waals surface area contributed by atoms with E-state index in [0.29, 0.717) is 12.4 Å². The van der Waals surface area contributed by atoms with Crippen molar-refractivity contribution >= 4 is 11.9 Å². The van der Waals surface area contributed by atoms with Gasteiger partial charge in [-0.2, -0.15) is 5.10 Å². The number of hydrogen-bond acceptors (Lipinski definition) is 6. The van der Waals surface area contributed by atoms with E-state index in [9.17, 15) is 14.4 Å². The number of aromatic nitrogens is 5. The fraction of sp³-hybridized carbons (Fsp3) is 0.273. The fourth-order valence-electron chi connectivity index (χ4n) is 1.92. The second-order valence-electron chi connectivity index (χ2n) is 4.30. The molecule has 0 aliphatic carbocycles. The molecule has 10 heteroatoms. The first-order chi connectivity index (χ1) is 10.1. The Labute approximate surface area is 118 Å². The summed E-state index contributed by atoms with van der Waals surface area (Å²) in [4.78, 5) is 40.0. The summed E-state index contributed by atoms with van der Waals surface area (Å²) in [5.41, 5.74) is -0.438. The van der Waals surface area contributed by atoms with E-state index in [2.05, 4.69) is 20.5 Å². The molecule has 0 aromatic carbocycles. The average Bonchev–Trinajstić information content (AvgIpc) is 3.12. The van der Waals surface area contributed by atoms with Crippen LogP contribution in [-0.2, 0) is 11.3 Å². The van der Waals surface area contributed by atoms with Gasteiger partial charge in [0.1, 0.15) is 19.2 Å². The Bertz CT molecular complexity index is 737. The highest BCUT2D eigenvalue weighted by atomic mass is 16.2. The van der Waals surface area contributed by atoms with Crippen LogP contribution in [0.15, 0.2) is 29.6 Å². The lowest BCUT2D eigenvalue weighted by molar-refractivity contribution is -0.128. The molecule has 21 heavy (non-hydrogen) atoms. The first-order valence-electron chi connectivity index (χ1n) is 6.16. The number of hydrogen-bond donors (Lipinski definition) is 1. The molecule has 0 saturated carbocycles. The predicted octanol–water partition coefficient (Wildman–Crippen LogP) is -1.62. The standard InChI is InChI=1S/C11H11N7O3/c19-9-2-1-8(18-7-12-6-14-18)15-17(9)5-10(20)16-4-3-13-11(16)21/h1-2,6-7H,3-5H2,(H,13,21). The molecule has 0 bridgehead atoms. The number of imide groups is 1. The molecule has 3 rings (SSSR count). The highest BCUT2D eigenvalue weighted by Crippen LogP contribution is 2.00. The molecule has 1 saturated heterocycles. The summed E-state index contributed by atoms with van der Waals surface area (Å²) in [6, 6.07) is 2.29. The van der Waals surface area contributed by atoms with E-state index in [-0.39, 0.29) is 13.1 Å². The van der Waals surface area contributed by atoms with E-state index < -0.39 is 17.5 Å². The number of rotatable bonds is 3. The first kappa shape index (κ1) is 13.0. The van der Waals surface area contributed by atoms with E-state index in [0.717, 1.165) is 9.58 Å². The zero-order chi connectivity index (χ0) is 14.8. The van der Waals surface area contributed by atoms with E-state index in [1.807, 2.05) is 0 Å². The molecular formula is C11H11N7O3. The smallest absolute Gasteiger partial charge is 0.324 e. The summed E-state index contributed by atoms with van der Waals surface area (Å²) >= 11 is 0. The minimum absolute atomic E-state index is 0.287. The first-order valence-corrected chi connectivity index (χ1v) is 6.16. The molecule has 2 aromatic heterocycles. The van der Waals surface area contributed by atoms with Crippen LogP contribution in [0, 0.1) is 0 Å². The summed E-state index contributed by atoms with van der Waals surface area (Å²) in [7, 11) is 0. The van der Waals surface area contributed by atoms with Crippen LogP contribution in [0.4, 0.5) is 4.79 Å². The third kappa shape index (κ3) is 2.50. The Balaban J connectivity index is 1.85. The van der Waals surface area contributed by atoms with Gasteiger partial charge in [-0.15, -0.1) is 5.10 Å². The van der Waals surface area contributed by atoms with Crippen molar-refractivity contribution in [3.8, 4) is 5.82 Å². The second-order valence-corrected chi connectivity index (χ2v) is 4.30. The Morgan fingerprint density at radius 2 is 2.19 bits per heavy atom. The summed E-state index contributed by atoms with van der Waals surface area (Å²) < 4.78 is 2.36. The lowest BCUT2D eigenvalue weighted by Crippen LogP contribution is -2.39. The van der Waals surface area contributed by atoms with Crippen LogP contribution in [-0.4, -0.2) is 54.5 Å². The molecule has 0 spiro atoms. The number of carbonyl (C=O) groups is 2. The normalized spacial score (nSPS) is 14.3. The maximum atomic E-state index is 12.0. The molecule has 0 radical (unpaired) electrons. The molecule has 0 unspecified atom stereocenters. The van der Waals surface area contributed by atoms with E-state index in [4.69, 9.17) is 0 Å². The lowest BCUT2D eigenvalue weighted by atomic mass is 10.4. The molecule has 0 atom stereocenters. The van der Waals surface area contributed by atoms with Crippen LogP contribution in [0.25, 0.3) is 5.82 Å². The molecule has 10 nitrogen and oxygen atoms in total. The van der Waals surface area contributed by atoms with Crippen molar-refractivity contribution in [1.29, 1.82) is 0 Å². The topological polar surface area (TPSA) is 115 Å². The Morgan fingerprint density at radius 3 is 2.86 bits per heavy atom. The maximum Gasteiger partial charge on any atom is 0.324 e. The predicted molar refractivity (Wildman–Crippen MR) is 68.5 cm³/mol. The fourth-order valence-corrected chi connectivity index (χ4v) is 1.92. The van der Waals surface area contributed by atoms with Gasteiger partial charge in [0.2, 0.25) is 0 Å². The molecule has 3 heterocycles. The van der Waals surface area contributed by atoms with Crippen LogP contribution >= 0.6 is 0 Å². The van der Waals surface area contributed by atoms with E-state index in [1.54, 1.807) is 0 Å². The molecule has 108 valence electrons. The molecule has 2 aromatic rings. The number of nitrogens with one attached hydrogen (secondary N) is 1. The van der Waals surface area contributed by atoms with E-state index in [1.165, 1.54) is 29.5 Å². The minimum Gasteiger partial charge on any atom is -0.336 e. The molecular weight excluding hydrogens is 278 g/mol. The largest absolute Gasteiger partial charge is 0.336 e. The van der Waals surface area contributed by atoms with Gasteiger partial charge in [-0.3, -0.25) is 14.5 Å². The Kier molecular flexibility index (Phi) is 3.18. The van der Waals surface area contributed by atoms with Gasteiger partial charge in [-0.25, -0.2) is 19.1 Å². The summed E-state index contributed by atoms with van der Waals surface area (Å²) in [5.74, 6) is -0.138. The van der Waals surface area contributed by atoms with E-state index >= 15 is 0 Å². The third-order valence-corrected chi connectivity index (χ3v) is 2.95. The van der Waals surface area contributed by atoms with Gasteiger partial charge in [-0.05, 0) is 6.07 Å². The Hall–Kier alpha value is -3.04. The number of carbonyl (C=O) groups excluding carboxylic acids is 2. The van der Waals surface area contributed by atoms with Gasteiger partial charge >= 0.3 is 6.03 Å². The van der Waals surface area contributed by atoms with Crippen molar-refractivity contribution in [1.82, 2.24) is 34.8 Å². The van der Waals surface area contributed by atoms with Crippen molar-refractivity contribution in [3.63, 3.8) is 0 Å². The molecule has 1 aliphatic rings. The summed E-state index contributed by atoms with van der Waals surface area (Å²) in [5, 5.41) is 10.5. The maximum absolute atomic E-state index is 12.0. The van der Waals surface area contributed by atoms with Gasteiger partial charge < -0.3 is 5.32 Å². The highest BCUT2D eigenvalue weighted by Gasteiger charge is 2.26. The zero-order valence-electron chi connectivity index (χ0n) is 10.8. The summed E-state index contributed by atoms with van der Waals surface area (Å²) in [6.07, 6.45) is 2.75. The molecule has 1 aliphatic heterocycles. The third-order valence-electron chi connectivity index (χ3n) is 2.95. The van der Waals surface area contributed by atoms with Gasteiger partial charge in [-0.1, -0.05) is 0 Å². The van der Waals surface area contributed by atoms with Gasteiger partial charge in [0.15, 0.2) is 5.82 Å². The van der Waals surface area contributed by atoms with Crippen molar-refractivity contribution in [3.05, 3.63) is 35.1 Å². The number of urea groups is 1. The quantitative estimate of drug-likeness (QED) is 0.726. The lowest BCUT2D eigenvalue weighted by Gasteiger charge is -2.12. The molecule has 1 N–H and O–H groups in total. The van der Waals surface area contributed by atoms with Crippen LogP contribution in [0.2, 0.25) is 0 Å². The monoisotopic (exact) mass is 289 g/mol. The van der Waals surface area contributed by atoms with Crippen LogP contribution < -0.4 is 10.9 Å². The van der Waals surface area contributed by atoms with Crippen LogP contribution in [0.1, 0.15) is 0 Å². The van der Waals surface area contributed by atoms with Crippen molar-refractivity contribution in [2.24, 2.45) is 0 Å². The SMILES string of the molecule is O=C(Cn1nc(-n2cncn2)ccc1=O)N1CCNC1=O. The zero-order valence-corrected chi connectivity index (χ0v) is 10.8. The second kappa shape index (κ2) is 5.15. The van der Waals surface area contributed by atoms with Crippen LogP contribution in [0.3, 0.4) is 0 Å². The van der Waals surface area contributed by atoms with Gasteiger partial charge in [0.05, 0.1) is 0 Å². The van der Waals surface area contributed by atoms with Gasteiger partial charge in [0, 0.05) is 19.2 Å². The number of nitrogens with zero attached hydrogens (tertiary/aromatic N) is 6. The molecule has 1 fully saturated rings. The summed E-state index contributed by atoms with van der Waals surface area (Å²) in [6.45, 7) is 0.385. The minimum atomic E-state index is -0.490. The highest BCUT2D eigenvalue weighted by molar-refractivity contribution is 5.95.